The molecule has 0 amide bonds. The van der Waals surface area contributed by atoms with Crippen molar-refractivity contribution in [1.29, 1.82) is 0 Å². The Balaban J connectivity index is 2.73. The lowest BCUT2D eigenvalue weighted by Crippen LogP contribution is -2.10. The lowest BCUT2D eigenvalue weighted by molar-refractivity contribution is 0.479. The van der Waals surface area contributed by atoms with E-state index in [1.54, 1.807) is 0 Å². The summed E-state index contributed by atoms with van der Waals surface area (Å²) in [6.45, 7) is 0. The third-order valence-corrected chi connectivity index (χ3v) is 5.11. The summed E-state index contributed by atoms with van der Waals surface area (Å²) in [5, 5.41) is 11.8. The first-order valence-electron chi connectivity index (χ1n) is 5.61. The van der Waals surface area contributed by atoms with Crippen LogP contribution in [0, 0.1) is 0 Å². The molecule has 11 nitrogen and oxygen atoms in total. The number of nitrogens with two attached hydrogens (primary N) is 1. The molecule has 2 aromatic rings. The zero-order valence-electron chi connectivity index (χ0n) is 11.2. The number of hydrogen-bond donors (Lipinski definition) is 4. The number of rotatable bonds is 4. The van der Waals surface area contributed by atoms with Gasteiger partial charge in [-0.15, -0.1) is 10.2 Å². The summed E-state index contributed by atoms with van der Waals surface area (Å²) >= 11 is 11.4. The Morgan fingerprint density at radius 2 is 1.58 bits per heavy atom. The standard InChI is InChI=1S/C9H7Cl2N5O6S2/c10-7-8(11)14-16-15-9(7)13-4-2-5(23(17,18)19)3(12)1-6(4)24(20,21)22/h1-2H,12H2,(H,13,14,15)(H,17,18,19)(H,20,21,22). The number of aromatic nitrogens is 3. The largest absolute Gasteiger partial charge is 0.398 e. The molecule has 0 saturated heterocycles. The van der Waals surface area contributed by atoms with Crippen molar-refractivity contribution in [3.8, 4) is 0 Å². The van der Waals surface area contributed by atoms with Gasteiger partial charge in [-0.3, -0.25) is 9.11 Å². The third-order valence-electron chi connectivity index (χ3n) is 2.59. The SMILES string of the molecule is Nc1cc(S(=O)(=O)O)c(Nc2nnnc(Cl)c2Cl)cc1S(=O)(=O)O. The lowest BCUT2D eigenvalue weighted by Gasteiger charge is -2.13. The normalized spacial score (nSPS) is 12.2. The molecule has 15 heteroatoms. The Bertz CT molecular complexity index is 1030. The van der Waals surface area contributed by atoms with E-state index in [1.165, 1.54) is 0 Å². The van der Waals surface area contributed by atoms with Gasteiger partial charge in [-0.05, 0) is 17.3 Å². The minimum atomic E-state index is -4.82. The van der Waals surface area contributed by atoms with Gasteiger partial charge in [0, 0.05) is 0 Å². The summed E-state index contributed by atoms with van der Waals surface area (Å²) in [6, 6.07) is 1.30. The van der Waals surface area contributed by atoms with Crippen molar-refractivity contribution in [1.82, 2.24) is 15.4 Å². The van der Waals surface area contributed by atoms with Crippen molar-refractivity contribution in [2.45, 2.75) is 9.79 Å². The lowest BCUT2D eigenvalue weighted by atomic mass is 10.3. The summed E-state index contributed by atoms with van der Waals surface area (Å²) in [7, 11) is -9.60. The van der Waals surface area contributed by atoms with Gasteiger partial charge < -0.3 is 11.1 Å². The van der Waals surface area contributed by atoms with Crippen molar-refractivity contribution in [2.75, 3.05) is 11.1 Å². The molecular formula is C9H7Cl2N5O6S2. The molecule has 0 aliphatic carbocycles. The van der Waals surface area contributed by atoms with Gasteiger partial charge in [0.25, 0.3) is 20.2 Å². The number of benzene rings is 1. The minimum absolute atomic E-state index is 0.252. The van der Waals surface area contributed by atoms with Crippen molar-refractivity contribution >= 4 is 60.6 Å². The van der Waals surface area contributed by atoms with E-state index in [4.69, 9.17) is 33.5 Å². The maximum atomic E-state index is 11.4. The van der Waals surface area contributed by atoms with Crippen LogP contribution in [0.15, 0.2) is 21.9 Å². The molecule has 0 saturated carbocycles. The van der Waals surface area contributed by atoms with Crippen LogP contribution >= 0.6 is 23.2 Å². The van der Waals surface area contributed by atoms with Gasteiger partial charge in [-0.2, -0.15) is 16.8 Å². The average molecular weight is 416 g/mol. The molecule has 5 N–H and O–H groups in total. The summed E-state index contributed by atoms with van der Waals surface area (Å²) in [4.78, 5) is -1.60. The topological polar surface area (TPSA) is 185 Å². The fraction of sp³-hybridized carbons (Fsp3) is 0. The fourth-order valence-corrected chi connectivity index (χ4v) is 3.14. The van der Waals surface area contributed by atoms with Crippen LogP contribution < -0.4 is 11.1 Å². The molecule has 0 unspecified atom stereocenters. The third kappa shape index (κ3) is 3.82. The molecule has 24 heavy (non-hydrogen) atoms. The molecule has 2 rings (SSSR count). The molecule has 0 fully saturated rings. The number of anilines is 3. The van der Waals surface area contributed by atoms with Crippen molar-refractivity contribution < 1.29 is 25.9 Å². The Kier molecular flexibility index (Phi) is 4.85. The first-order valence-corrected chi connectivity index (χ1v) is 9.24. The molecule has 0 aliphatic rings. The monoisotopic (exact) mass is 415 g/mol. The maximum Gasteiger partial charge on any atom is 0.296 e. The summed E-state index contributed by atoms with van der Waals surface area (Å²) in [5.74, 6) is -0.285. The molecule has 1 heterocycles. The van der Waals surface area contributed by atoms with Gasteiger partial charge in [0.15, 0.2) is 11.0 Å². The van der Waals surface area contributed by atoms with Crippen molar-refractivity contribution in [3.05, 3.63) is 22.3 Å². The Morgan fingerprint density at radius 1 is 1.00 bits per heavy atom. The van der Waals surface area contributed by atoms with Crippen LogP contribution in [-0.2, 0) is 20.2 Å². The molecular weight excluding hydrogens is 409 g/mol. The quantitative estimate of drug-likeness (QED) is 0.411. The minimum Gasteiger partial charge on any atom is -0.398 e. The number of nitrogens with one attached hydrogen (secondary N) is 1. The molecule has 0 atom stereocenters. The molecule has 1 aromatic carbocycles. The van der Waals surface area contributed by atoms with Crippen LogP contribution in [0.1, 0.15) is 0 Å². The second-order valence-electron chi connectivity index (χ2n) is 4.20. The van der Waals surface area contributed by atoms with E-state index in [0.29, 0.717) is 12.1 Å². The zero-order valence-corrected chi connectivity index (χ0v) is 14.3. The predicted octanol–water partition coefficient (Wildman–Crippen LogP) is 0.998. The average Bonchev–Trinajstić information content (AvgIpc) is 2.43. The van der Waals surface area contributed by atoms with E-state index in [1.807, 2.05) is 0 Å². The van der Waals surface area contributed by atoms with E-state index in [-0.39, 0.29) is 16.0 Å². The van der Waals surface area contributed by atoms with Crippen molar-refractivity contribution in [3.63, 3.8) is 0 Å². The molecule has 0 aliphatic heterocycles. The van der Waals surface area contributed by atoms with E-state index < -0.39 is 41.4 Å². The molecule has 0 radical (unpaired) electrons. The maximum absolute atomic E-state index is 11.4. The van der Waals surface area contributed by atoms with Gasteiger partial charge in [-0.25, -0.2) is 0 Å². The van der Waals surface area contributed by atoms with Crippen LogP contribution in [0.4, 0.5) is 17.2 Å². The van der Waals surface area contributed by atoms with Gasteiger partial charge >= 0.3 is 0 Å². The highest BCUT2D eigenvalue weighted by Crippen LogP contribution is 2.34. The van der Waals surface area contributed by atoms with E-state index in [0.717, 1.165) is 0 Å². The smallest absolute Gasteiger partial charge is 0.296 e. The van der Waals surface area contributed by atoms with E-state index >= 15 is 0 Å². The van der Waals surface area contributed by atoms with Crippen LogP contribution in [0.3, 0.4) is 0 Å². The van der Waals surface area contributed by atoms with Gasteiger partial charge in [-0.1, -0.05) is 23.2 Å². The molecule has 1 aromatic heterocycles. The molecule has 0 spiro atoms. The second-order valence-corrected chi connectivity index (χ2v) is 7.72. The zero-order chi connectivity index (χ0) is 18.3. The summed E-state index contributed by atoms with van der Waals surface area (Å²) < 4.78 is 63.8. The van der Waals surface area contributed by atoms with E-state index in [9.17, 15) is 21.4 Å². The summed E-state index contributed by atoms with van der Waals surface area (Å²) in [6.07, 6.45) is 0. The highest BCUT2D eigenvalue weighted by molar-refractivity contribution is 7.86. The van der Waals surface area contributed by atoms with Crippen LogP contribution in [0.5, 0.6) is 0 Å². The Labute approximate surface area is 145 Å². The first-order chi connectivity index (χ1) is 10.9. The van der Waals surface area contributed by atoms with E-state index in [2.05, 4.69) is 20.7 Å². The van der Waals surface area contributed by atoms with Gasteiger partial charge in [0.05, 0.1) is 11.4 Å². The highest BCUT2D eigenvalue weighted by atomic mass is 35.5. The van der Waals surface area contributed by atoms with Crippen LogP contribution in [0.25, 0.3) is 0 Å². The highest BCUT2D eigenvalue weighted by Gasteiger charge is 2.24. The van der Waals surface area contributed by atoms with Crippen LogP contribution in [-0.4, -0.2) is 41.4 Å². The fourth-order valence-electron chi connectivity index (χ4n) is 1.61. The molecule has 0 bridgehead atoms. The summed E-state index contributed by atoms with van der Waals surface area (Å²) in [5.41, 5.74) is 4.28. The second kappa shape index (κ2) is 6.27. The Hall–Kier alpha value is -1.77. The number of nitrogens with zero attached hydrogens (tertiary/aromatic N) is 3. The first kappa shape index (κ1) is 18.6. The Morgan fingerprint density at radius 3 is 2.12 bits per heavy atom. The number of hydrogen-bond acceptors (Lipinski definition) is 9. The van der Waals surface area contributed by atoms with Crippen molar-refractivity contribution in [2.24, 2.45) is 0 Å². The number of halogens is 2. The van der Waals surface area contributed by atoms with Crippen LogP contribution in [0.2, 0.25) is 10.2 Å². The number of nitrogen functional groups attached to an aromatic ring is 1. The van der Waals surface area contributed by atoms with Gasteiger partial charge in [0.2, 0.25) is 0 Å². The van der Waals surface area contributed by atoms with Gasteiger partial charge in [0.1, 0.15) is 14.8 Å². The predicted molar refractivity (Wildman–Crippen MR) is 83.6 cm³/mol. The molecule has 130 valence electrons.